The number of aromatic nitrogens is 2. The molecular formula is C11H21N5O2. The van der Waals surface area contributed by atoms with Crippen molar-refractivity contribution in [3.63, 3.8) is 0 Å². The first-order valence-electron chi connectivity index (χ1n) is 5.83. The standard InChI is InChI=1S/C11H21N5O2/c1-4-9-13-10(15-12)5-11(14-9)16(2)6-8(17)7-18-3/h5,8,17H,4,6-7,12H2,1-3H3,(H,13,14,15). The van der Waals surface area contributed by atoms with Crippen molar-refractivity contribution in [3.05, 3.63) is 11.9 Å². The molecule has 0 spiro atoms. The first-order chi connectivity index (χ1) is 8.60. The second kappa shape index (κ2) is 7.10. The van der Waals surface area contributed by atoms with Gasteiger partial charge in [-0.05, 0) is 0 Å². The number of ether oxygens (including phenoxy) is 1. The zero-order valence-corrected chi connectivity index (χ0v) is 11.1. The molecule has 1 rings (SSSR count). The molecule has 7 heteroatoms. The fraction of sp³-hybridized carbons (Fsp3) is 0.636. The number of nitrogens with two attached hydrogens (primary N) is 1. The molecule has 0 fully saturated rings. The Balaban J connectivity index is 2.80. The number of methoxy groups -OCH3 is 1. The molecule has 0 aliphatic heterocycles. The Morgan fingerprint density at radius 3 is 2.83 bits per heavy atom. The average Bonchev–Trinajstić information content (AvgIpc) is 2.38. The van der Waals surface area contributed by atoms with Gasteiger partial charge in [0.15, 0.2) is 0 Å². The number of aryl methyl sites for hydroxylation is 1. The van der Waals surface area contributed by atoms with E-state index in [1.165, 1.54) is 0 Å². The van der Waals surface area contributed by atoms with E-state index in [-0.39, 0.29) is 6.61 Å². The van der Waals surface area contributed by atoms with Gasteiger partial charge in [-0.25, -0.2) is 15.8 Å². The van der Waals surface area contributed by atoms with E-state index in [1.54, 1.807) is 13.2 Å². The molecule has 4 N–H and O–H groups in total. The van der Waals surface area contributed by atoms with Gasteiger partial charge >= 0.3 is 0 Å². The molecule has 0 bridgehead atoms. The third-order valence-electron chi connectivity index (χ3n) is 2.46. The van der Waals surface area contributed by atoms with Gasteiger partial charge in [0.1, 0.15) is 17.5 Å². The molecule has 0 aromatic carbocycles. The van der Waals surface area contributed by atoms with E-state index in [0.717, 1.165) is 6.42 Å². The summed E-state index contributed by atoms with van der Waals surface area (Å²) in [6.45, 7) is 2.69. The SMILES string of the molecule is CCc1nc(NN)cc(N(C)CC(O)COC)n1. The fourth-order valence-corrected chi connectivity index (χ4v) is 1.57. The highest BCUT2D eigenvalue weighted by molar-refractivity contribution is 5.48. The molecule has 18 heavy (non-hydrogen) atoms. The summed E-state index contributed by atoms with van der Waals surface area (Å²) < 4.78 is 4.89. The van der Waals surface area contributed by atoms with Crippen LogP contribution >= 0.6 is 0 Å². The van der Waals surface area contributed by atoms with Gasteiger partial charge in [-0.3, -0.25) is 0 Å². The van der Waals surface area contributed by atoms with Crippen molar-refractivity contribution >= 4 is 11.6 Å². The van der Waals surface area contributed by atoms with E-state index < -0.39 is 6.10 Å². The topological polar surface area (TPSA) is 96.5 Å². The average molecular weight is 255 g/mol. The zero-order chi connectivity index (χ0) is 13.5. The fourth-order valence-electron chi connectivity index (χ4n) is 1.57. The highest BCUT2D eigenvalue weighted by Crippen LogP contribution is 2.14. The third kappa shape index (κ3) is 4.10. The molecule has 1 aromatic rings. The number of aliphatic hydroxyl groups is 1. The number of aliphatic hydroxyl groups excluding tert-OH is 1. The number of hydrazine groups is 1. The molecule has 0 saturated heterocycles. The quantitative estimate of drug-likeness (QED) is 0.457. The zero-order valence-electron chi connectivity index (χ0n) is 11.1. The number of hydrogen-bond acceptors (Lipinski definition) is 7. The van der Waals surface area contributed by atoms with Gasteiger partial charge in [0, 0.05) is 33.2 Å². The first-order valence-corrected chi connectivity index (χ1v) is 5.83. The number of rotatable bonds is 7. The summed E-state index contributed by atoms with van der Waals surface area (Å²) in [5.41, 5.74) is 2.51. The Bertz CT molecular complexity index is 352. The Kier molecular flexibility index (Phi) is 5.76. The van der Waals surface area contributed by atoms with Gasteiger partial charge in [0.25, 0.3) is 0 Å². The molecule has 0 saturated carbocycles. The lowest BCUT2D eigenvalue weighted by molar-refractivity contribution is 0.0694. The number of nitrogens with zero attached hydrogens (tertiary/aromatic N) is 3. The van der Waals surface area contributed by atoms with Crippen molar-refractivity contribution in [1.82, 2.24) is 9.97 Å². The van der Waals surface area contributed by atoms with Gasteiger partial charge in [-0.2, -0.15) is 0 Å². The van der Waals surface area contributed by atoms with E-state index in [9.17, 15) is 5.11 Å². The highest BCUT2D eigenvalue weighted by Gasteiger charge is 2.11. The number of nitrogen functional groups attached to an aromatic ring is 1. The van der Waals surface area contributed by atoms with Crippen molar-refractivity contribution in [2.24, 2.45) is 5.84 Å². The summed E-state index contributed by atoms with van der Waals surface area (Å²) in [7, 11) is 3.40. The summed E-state index contributed by atoms with van der Waals surface area (Å²) in [4.78, 5) is 10.4. The van der Waals surface area contributed by atoms with E-state index in [1.807, 2.05) is 18.9 Å². The van der Waals surface area contributed by atoms with Crippen LogP contribution in [0.15, 0.2) is 6.07 Å². The summed E-state index contributed by atoms with van der Waals surface area (Å²) in [6.07, 6.45) is 0.158. The van der Waals surface area contributed by atoms with Crippen LogP contribution in [0.5, 0.6) is 0 Å². The van der Waals surface area contributed by atoms with Crippen molar-refractivity contribution in [2.45, 2.75) is 19.4 Å². The minimum atomic E-state index is -0.561. The third-order valence-corrected chi connectivity index (χ3v) is 2.46. The Morgan fingerprint density at radius 2 is 2.28 bits per heavy atom. The van der Waals surface area contributed by atoms with Crippen LogP contribution in [0.2, 0.25) is 0 Å². The molecule has 0 amide bonds. The van der Waals surface area contributed by atoms with Crippen molar-refractivity contribution in [3.8, 4) is 0 Å². The van der Waals surface area contributed by atoms with Gasteiger partial charge in [-0.15, -0.1) is 0 Å². The smallest absolute Gasteiger partial charge is 0.145 e. The van der Waals surface area contributed by atoms with Gasteiger partial charge in [0.2, 0.25) is 0 Å². The number of likely N-dealkylation sites (N-methyl/N-ethyl adjacent to an activating group) is 1. The van der Waals surface area contributed by atoms with E-state index in [2.05, 4.69) is 15.4 Å². The maximum Gasteiger partial charge on any atom is 0.145 e. The van der Waals surface area contributed by atoms with Crippen LogP contribution in [-0.2, 0) is 11.2 Å². The molecule has 1 aromatic heterocycles. The molecule has 1 heterocycles. The van der Waals surface area contributed by atoms with Crippen LogP contribution < -0.4 is 16.2 Å². The van der Waals surface area contributed by atoms with Crippen LogP contribution in [-0.4, -0.2) is 48.5 Å². The monoisotopic (exact) mass is 255 g/mol. The summed E-state index contributed by atoms with van der Waals surface area (Å²) in [5.74, 6) is 7.34. The summed E-state index contributed by atoms with van der Waals surface area (Å²) in [5, 5.41) is 9.68. The van der Waals surface area contributed by atoms with Crippen molar-refractivity contribution in [2.75, 3.05) is 37.6 Å². The van der Waals surface area contributed by atoms with Crippen molar-refractivity contribution < 1.29 is 9.84 Å². The van der Waals surface area contributed by atoms with Gasteiger partial charge < -0.3 is 20.2 Å². The number of nitrogens with one attached hydrogen (secondary N) is 1. The van der Waals surface area contributed by atoms with Gasteiger partial charge in [0.05, 0.1) is 12.7 Å². The maximum absolute atomic E-state index is 9.68. The number of hydrogen-bond donors (Lipinski definition) is 3. The lowest BCUT2D eigenvalue weighted by Crippen LogP contribution is -2.32. The van der Waals surface area contributed by atoms with Crippen LogP contribution in [0.1, 0.15) is 12.7 Å². The summed E-state index contributed by atoms with van der Waals surface area (Å²) >= 11 is 0. The van der Waals surface area contributed by atoms with Crippen LogP contribution in [0.3, 0.4) is 0 Å². The predicted octanol–water partition coefficient (Wildman–Crippen LogP) is -0.232. The molecule has 1 atom stereocenters. The second-order valence-electron chi connectivity index (χ2n) is 4.02. The predicted molar refractivity (Wildman–Crippen MR) is 70.4 cm³/mol. The molecular weight excluding hydrogens is 234 g/mol. The van der Waals surface area contributed by atoms with Gasteiger partial charge in [-0.1, -0.05) is 6.92 Å². The second-order valence-corrected chi connectivity index (χ2v) is 4.02. The molecule has 1 unspecified atom stereocenters. The normalized spacial score (nSPS) is 12.3. The van der Waals surface area contributed by atoms with Crippen molar-refractivity contribution in [1.29, 1.82) is 0 Å². The molecule has 0 radical (unpaired) electrons. The minimum Gasteiger partial charge on any atom is -0.389 e. The molecule has 7 nitrogen and oxygen atoms in total. The minimum absolute atomic E-state index is 0.290. The Labute approximate surface area is 107 Å². The lowest BCUT2D eigenvalue weighted by atomic mass is 10.3. The largest absolute Gasteiger partial charge is 0.389 e. The lowest BCUT2D eigenvalue weighted by Gasteiger charge is -2.22. The molecule has 0 aliphatic rings. The summed E-state index contributed by atoms with van der Waals surface area (Å²) in [6, 6.07) is 1.73. The van der Waals surface area contributed by atoms with Crippen LogP contribution in [0, 0.1) is 0 Å². The Morgan fingerprint density at radius 1 is 1.56 bits per heavy atom. The van der Waals surface area contributed by atoms with E-state index in [0.29, 0.717) is 24.0 Å². The highest BCUT2D eigenvalue weighted by atomic mass is 16.5. The maximum atomic E-state index is 9.68. The number of anilines is 2. The Hall–Kier alpha value is -1.44. The van der Waals surface area contributed by atoms with Crippen LogP contribution in [0.4, 0.5) is 11.6 Å². The molecule has 0 aliphatic carbocycles. The first kappa shape index (κ1) is 14.6. The van der Waals surface area contributed by atoms with E-state index in [4.69, 9.17) is 10.6 Å². The van der Waals surface area contributed by atoms with E-state index >= 15 is 0 Å². The molecule has 102 valence electrons. The van der Waals surface area contributed by atoms with Crippen LogP contribution in [0.25, 0.3) is 0 Å².